The van der Waals surface area contributed by atoms with Gasteiger partial charge in [0.15, 0.2) is 0 Å². The molecule has 192 valence electrons. The van der Waals surface area contributed by atoms with E-state index in [-0.39, 0.29) is 36.2 Å². The van der Waals surface area contributed by atoms with Gasteiger partial charge in [-0.3, -0.25) is 24.3 Å². The molecule has 1 amide bonds. The van der Waals surface area contributed by atoms with Crippen LogP contribution in [0.25, 0.3) is 0 Å². The number of carbonyl (C=O) groups excluding carboxylic acids is 3. The highest BCUT2D eigenvalue weighted by molar-refractivity contribution is 6.09. The number of fused-ring (bicyclic) bond motifs is 1. The molecule has 3 heterocycles. The van der Waals surface area contributed by atoms with Crippen molar-refractivity contribution in [3.05, 3.63) is 58.6 Å². The zero-order valence-electron chi connectivity index (χ0n) is 19.7. The number of nitrogens with zero attached hydrogens (tertiary/aromatic N) is 2. The van der Waals surface area contributed by atoms with Gasteiger partial charge in [-0.15, -0.1) is 12.8 Å². The van der Waals surface area contributed by atoms with Gasteiger partial charge < -0.3 is 15.2 Å². The molecule has 4 rings (SSSR count). The van der Waals surface area contributed by atoms with Gasteiger partial charge in [-0.25, -0.2) is 14.2 Å². The summed E-state index contributed by atoms with van der Waals surface area (Å²) in [5.74, 6) is -2.27. The van der Waals surface area contributed by atoms with Crippen LogP contribution in [-0.4, -0.2) is 64.5 Å². The van der Waals surface area contributed by atoms with Crippen molar-refractivity contribution in [2.45, 2.75) is 31.5 Å². The third-order valence-electron chi connectivity index (χ3n) is 6.42. The number of allylic oxidation sites excluding steroid dienone is 1. The first kappa shape index (κ1) is 26.0. The van der Waals surface area contributed by atoms with Crippen LogP contribution in [0.2, 0.25) is 0 Å². The number of hydrogen-bond acceptors (Lipinski definition) is 8. The summed E-state index contributed by atoms with van der Waals surface area (Å²) in [5, 5.41) is 14.9. The average molecular weight is 510 g/mol. The van der Waals surface area contributed by atoms with E-state index in [1.54, 1.807) is 4.90 Å². The van der Waals surface area contributed by atoms with E-state index in [1.807, 2.05) is 5.92 Å². The number of carbonyl (C=O) groups is 3. The molecular weight excluding hydrogens is 486 g/mol. The molecular formula is C26H24F2N4O5. The molecule has 3 aliphatic heterocycles. The third kappa shape index (κ3) is 5.25. The summed E-state index contributed by atoms with van der Waals surface area (Å²) < 4.78 is 32.9. The number of ether oxygens (including phenoxy) is 1. The number of aliphatic hydroxyl groups excluding tert-OH is 1. The first-order valence-corrected chi connectivity index (χ1v) is 11.5. The largest absolute Gasteiger partial charge is 0.509 e. The molecule has 0 radical (unpaired) electrons. The molecule has 9 nitrogen and oxygen atoms in total. The zero-order valence-corrected chi connectivity index (χ0v) is 19.7. The second-order valence-corrected chi connectivity index (χ2v) is 8.72. The van der Waals surface area contributed by atoms with Gasteiger partial charge in [0, 0.05) is 37.5 Å². The van der Waals surface area contributed by atoms with Crippen LogP contribution in [-0.2, 0) is 25.7 Å². The van der Waals surface area contributed by atoms with E-state index in [2.05, 4.69) is 16.7 Å². The Morgan fingerprint density at radius 3 is 2.62 bits per heavy atom. The maximum Gasteiger partial charge on any atom is 0.250 e. The summed E-state index contributed by atoms with van der Waals surface area (Å²) in [7, 11) is 0. The molecule has 2 unspecified atom stereocenters. The Morgan fingerprint density at radius 1 is 1.22 bits per heavy atom. The van der Waals surface area contributed by atoms with E-state index in [0.717, 1.165) is 18.9 Å². The minimum absolute atomic E-state index is 0.00647. The van der Waals surface area contributed by atoms with Gasteiger partial charge in [-0.05, 0) is 30.7 Å². The highest BCUT2D eigenvalue weighted by atomic mass is 19.1. The van der Waals surface area contributed by atoms with Crippen molar-refractivity contribution < 1.29 is 33.0 Å². The number of benzene rings is 1. The number of aliphatic hydroxyl groups is 1. The van der Waals surface area contributed by atoms with Gasteiger partial charge in [0.05, 0.1) is 24.0 Å². The molecule has 2 saturated heterocycles. The summed E-state index contributed by atoms with van der Waals surface area (Å²) in [6.45, 7) is 0.733. The lowest BCUT2D eigenvalue weighted by Gasteiger charge is -2.45. The number of rotatable bonds is 7. The quantitative estimate of drug-likeness (QED) is 0.367. The molecule has 37 heavy (non-hydrogen) atoms. The Bertz CT molecular complexity index is 1270. The second kappa shape index (κ2) is 10.9. The van der Waals surface area contributed by atoms with Crippen LogP contribution >= 0.6 is 0 Å². The van der Waals surface area contributed by atoms with Gasteiger partial charge in [-0.1, -0.05) is 6.07 Å². The smallest absolute Gasteiger partial charge is 0.250 e. The van der Waals surface area contributed by atoms with Crippen LogP contribution < -0.4 is 10.7 Å². The molecule has 0 aliphatic carbocycles. The number of ketones is 2. The average Bonchev–Trinajstić information content (AvgIpc) is 3.40. The van der Waals surface area contributed by atoms with E-state index in [1.165, 1.54) is 17.3 Å². The Hall–Kier alpha value is -4.03. The summed E-state index contributed by atoms with van der Waals surface area (Å²) in [6, 6.07) is 1.76. The van der Waals surface area contributed by atoms with E-state index in [9.17, 15) is 28.3 Å². The monoisotopic (exact) mass is 510 g/mol. The predicted octanol–water partition coefficient (Wildman–Crippen LogP) is 0.896. The number of terminal acetylenes is 2. The standard InChI is InChI=1S/C26H24F2N4O5/c1-3-20(33)22-18(26(36)29-11-15-7-8-16(27)10-19(15)28)13-32-24(25(22)35)23(21(34)4-2)31(14-30-32)12-17-6-5-9-37-17/h1-2,7-8,10,13,17,22-23,30,35H,5-6,9,11-12,14H2,(H,29,36)/t17-,22?,23?/m1/s1. The Morgan fingerprint density at radius 2 is 1.97 bits per heavy atom. The second-order valence-electron chi connectivity index (χ2n) is 8.72. The molecule has 0 saturated carbocycles. The van der Waals surface area contributed by atoms with Gasteiger partial charge >= 0.3 is 0 Å². The molecule has 0 bridgehead atoms. The van der Waals surface area contributed by atoms with Crippen LogP contribution in [0.4, 0.5) is 8.78 Å². The Balaban J connectivity index is 1.64. The van der Waals surface area contributed by atoms with Gasteiger partial charge in [-0.2, -0.15) is 0 Å². The molecule has 3 aliphatic rings. The fourth-order valence-corrected chi connectivity index (χ4v) is 4.61. The first-order valence-electron chi connectivity index (χ1n) is 11.5. The molecule has 1 aromatic rings. The Kier molecular flexibility index (Phi) is 7.69. The van der Waals surface area contributed by atoms with Crippen molar-refractivity contribution in [3.63, 3.8) is 0 Å². The van der Waals surface area contributed by atoms with Crippen molar-refractivity contribution in [1.29, 1.82) is 0 Å². The van der Waals surface area contributed by atoms with Crippen molar-refractivity contribution in [2.24, 2.45) is 5.92 Å². The van der Waals surface area contributed by atoms with Gasteiger partial charge in [0.25, 0.3) is 0 Å². The number of hydrazine groups is 1. The highest BCUT2D eigenvalue weighted by Gasteiger charge is 2.46. The number of hydrogen-bond donors (Lipinski definition) is 3. The fourth-order valence-electron chi connectivity index (χ4n) is 4.61. The maximum atomic E-state index is 14.0. The van der Waals surface area contributed by atoms with Crippen molar-refractivity contribution in [1.82, 2.24) is 20.7 Å². The van der Waals surface area contributed by atoms with Crippen LogP contribution in [0.15, 0.2) is 41.4 Å². The van der Waals surface area contributed by atoms with E-state index >= 15 is 0 Å². The third-order valence-corrected chi connectivity index (χ3v) is 6.42. The summed E-state index contributed by atoms with van der Waals surface area (Å²) >= 11 is 0. The fraction of sp³-hybridized carbons (Fsp3) is 0.346. The van der Waals surface area contributed by atoms with Crippen molar-refractivity contribution in [3.8, 4) is 24.7 Å². The minimum atomic E-state index is -1.59. The summed E-state index contributed by atoms with van der Waals surface area (Å²) in [4.78, 5) is 40.3. The van der Waals surface area contributed by atoms with Crippen molar-refractivity contribution >= 4 is 17.5 Å². The molecule has 1 aromatic carbocycles. The van der Waals surface area contributed by atoms with Crippen LogP contribution in [0, 0.1) is 42.2 Å². The number of amides is 1. The predicted molar refractivity (Wildman–Crippen MR) is 126 cm³/mol. The molecule has 0 aromatic heterocycles. The maximum absolute atomic E-state index is 14.0. The molecule has 2 fully saturated rings. The van der Waals surface area contributed by atoms with Gasteiger partial charge in [0.2, 0.25) is 17.5 Å². The number of halogens is 2. The lowest BCUT2D eigenvalue weighted by atomic mass is 9.86. The number of Topliss-reactive ketones (excluding diaryl/α,β-unsaturated/α-hetero) is 2. The number of nitrogens with one attached hydrogen (secondary N) is 2. The molecule has 3 atom stereocenters. The highest BCUT2D eigenvalue weighted by Crippen LogP contribution is 2.35. The van der Waals surface area contributed by atoms with Crippen molar-refractivity contribution in [2.75, 3.05) is 19.8 Å². The Labute approximate surface area is 212 Å². The first-order chi connectivity index (χ1) is 17.7. The van der Waals surface area contributed by atoms with Crippen LogP contribution in [0.5, 0.6) is 0 Å². The van der Waals surface area contributed by atoms with Crippen LogP contribution in [0.1, 0.15) is 18.4 Å². The normalized spacial score (nSPS) is 23.5. The van der Waals surface area contributed by atoms with E-state index < -0.39 is 46.8 Å². The molecule has 11 heteroatoms. The lowest BCUT2D eigenvalue weighted by Crippen LogP contribution is -2.61. The van der Waals surface area contributed by atoms with E-state index in [4.69, 9.17) is 17.6 Å². The zero-order chi connectivity index (χ0) is 26.7. The summed E-state index contributed by atoms with van der Waals surface area (Å²) in [6.07, 6.45) is 13.5. The van der Waals surface area contributed by atoms with Gasteiger partial charge in [0.1, 0.15) is 29.4 Å². The van der Waals surface area contributed by atoms with Crippen LogP contribution in [0.3, 0.4) is 0 Å². The summed E-state index contributed by atoms with van der Waals surface area (Å²) in [5.41, 5.74) is 2.72. The topological polar surface area (TPSA) is 111 Å². The SMILES string of the molecule is C#CC(=O)C1C(C(=O)NCc2ccc(F)cc2F)=CN2NCN(C[C@H]3CCCO3)C(C(=O)C#C)C2=C1O. The van der Waals surface area contributed by atoms with E-state index in [0.29, 0.717) is 19.2 Å². The minimum Gasteiger partial charge on any atom is -0.509 e. The lowest BCUT2D eigenvalue weighted by molar-refractivity contribution is -0.123. The molecule has 0 spiro atoms. The molecule has 3 N–H and O–H groups in total.